The second-order valence-corrected chi connectivity index (χ2v) is 6.06. The molecule has 1 aromatic rings. The van der Waals surface area contributed by atoms with Gasteiger partial charge in [-0.3, -0.25) is 9.69 Å². The molecule has 0 N–H and O–H groups in total. The summed E-state index contributed by atoms with van der Waals surface area (Å²) < 4.78 is 11.5. The van der Waals surface area contributed by atoms with Gasteiger partial charge >= 0.3 is 0 Å². The van der Waals surface area contributed by atoms with Crippen LogP contribution in [0.5, 0.6) is 11.5 Å². The van der Waals surface area contributed by atoms with Gasteiger partial charge in [0.1, 0.15) is 17.1 Å². The molecule has 0 aromatic heterocycles. The molecule has 2 aliphatic heterocycles. The summed E-state index contributed by atoms with van der Waals surface area (Å²) in [5.41, 5.74) is 0.334. The third-order valence-corrected chi connectivity index (χ3v) is 4.37. The SMILES string of the molecule is COc1ccc2c(c1)OC1(CCN(C(C)C)C1)CC2=O. The van der Waals surface area contributed by atoms with Crippen LogP contribution < -0.4 is 9.47 Å². The van der Waals surface area contributed by atoms with Crippen LogP contribution in [0.25, 0.3) is 0 Å². The molecule has 3 rings (SSSR count). The Balaban J connectivity index is 1.90. The average molecular weight is 275 g/mol. The molecule has 4 heteroatoms. The number of fused-ring (bicyclic) bond motifs is 1. The molecule has 108 valence electrons. The molecule has 1 atom stereocenters. The van der Waals surface area contributed by atoms with Crippen LogP contribution in [0.2, 0.25) is 0 Å². The minimum atomic E-state index is -0.347. The van der Waals surface area contributed by atoms with Crippen molar-refractivity contribution in [2.45, 2.75) is 38.3 Å². The van der Waals surface area contributed by atoms with Crippen molar-refractivity contribution in [2.75, 3.05) is 20.2 Å². The minimum Gasteiger partial charge on any atom is -0.497 e. The van der Waals surface area contributed by atoms with E-state index in [1.54, 1.807) is 13.2 Å². The van der Waals surface area contributed by atoms with Gasteiger partial charge in [0.25, 0.3) is 0 Å². The maximum Gasteiger partial charge on any atom is 0.170 e. The summed E-state index contributed by atoms with van der Waals surface area (Å²) in [4.78, 5) is 14.8. The summed E-state index contributed by atoms with van der Waals surface area (Å²) in [6, 6.07) is 5.93. The average Bonchev–Trinajstić information content (AvgIpc) is 2.81. The lowest BCUT2D eigenvalue weighted by Crippen LogP contribution is -2.45. The number of carbonyl (C=O) groups excluding carboxylic acids is 1. The number of hydrogen-bond acceptors (Lipinski definition) is 4. The fourth-order valence-electron chi connectivity index (χ4n) is 3.15. The fraction of sp³-hybridized carbons (Fsp3) is 0.562. The van der Waals surface area contributed by atoms with Crippen LogP contribution in [-0.4, -0.2) is 42.5 Å². The lowest BCUT2D eigenvalue weighted by molar-refractivity contribution is 0.0436. The number of hydrogen-bond donors (Lipinski definition) is 0. The summed E-state index contributed by atoms with van der Waals surface area (Å²) in [6.07, 6.45) is 1.39. The van der Waals surface area contributed by atoms with Gasteiger partial charge in [-0.25, -0.2) is 0 Å². The van der Waals surface area contributed by atoms with Crippen LogP contribution in [0.1, 0.15) is 37.0 Å². The van der Waals surface area contributed by atoms with E-state index in [2.05, 4.69) is 18.7 Å². The number of Topliss-reactive ketones (excluding diaryl/α,β-unsaturated/α-hetero) is 1. The van der Waals surface area contributed by atoms with Crippen molar-refractivity contribution in [1.29, 1.82) is 0 Å². The number of likely N-dealkylation sites (tertiary alicyclic amines) is 1. The minimum absolute atomic E-state index is 0.180. The van der Waals surface area contributed by atoms with Gasteiger partial charge in [0.15, 0.2) is 5.78 Å². The molecule has 20 heavy (non-hydrogen) atoms. The predicted octanol–water partition coefficient (Wildman–Crippen LogP) is 2.51. The second-order valence-electron chi connectivity index (χ2n) is 6.06. The molecule has 0 saturated carbocycles. The van der Waals surface area contributed by atoms with E-state index in [0.717, 1.165) is 25.3 Å². The van der Waals surface area contributed by atoms with E-state index >= 15 is 0 Å². The zero-order valence-electron chi connectivity index (χ0n) is 12.3. The number of benzene rings is 1. The highest BCUT2D eigenvalue weighted by atomic mass is 16.5. The maximum atomic E-state index is 12.4. The van der Waals surface area contributed by atoms with E-state index in [1.165, 1.54) is 0 Å². The van der Waals surface area contributed by atoms with Crippen LogP contribution in [0.3, 0.4) is 0 Å². The summed E-state index contributed by atoms with van der Waals surface area (Å²) in [5, 5.41) is 0. The van der Waals surface area contributed by atoms with Gasteiger partial charge in [0, 0.05) is 31.6 Å². The molecular formula is C16H21NO3. The van der Waals surface area contributed by atoms with Crippen molar-refractivity contribution in [3.05, 3.63) is 23.8 Å². The molecule has 0 amide bonds. The van der Waals surface area contributed by atoms with Crippen molar-refractivity contribution >= 4 is 5.78 Å². The summed E-state index contributed by atoms with van der Waals surface area (Å²) >= 11 is 0. The number of nitrogens with zero attached hydrogens (tertiary/aromatic N) is 1. The van der Waals surface area contributed by atoms with Crippen LogP contribution in [0, 0.1) is 0 Å². The number of ether oxygens (including phenoxy) is 2. The molecule has 2 aliphatic rings. The second kappa shape index (κ2) is 4.77. The van der Waals surface area contributed by atoms with Crippen LogP contribution >= 0.6 is 0 Å². The van der Waals surface area contributed by atoms with Crippen LogP contribution in [0.15, 0.2) is 18.2 Å². The number of carbonyl (C=O) groups is 1. The van der Waals surface area contributed by atoms with Gasteiger partial charge in [-0.15, -0.1) is 0 Å². The smallest absolute Gasteiger partial charge is 0.170 e. The number of ketones is 1. The first-order valence-electron chi connectivity index (χ1n) is 7.17. The van der Waals surface area contributed by atoms with E-state index in [4.69, 9.17) is 9.47 Å². The molecule has 1 fully saturated rings. The Morgan fingerprint density at radius 1 is 1.40 bits per heavy atom. The maximum absolute atomic E-state index is 12.4. The van der Waals surface area contributed by atoms with E-state index in [1.807, 2.05) is 12.1 Å². The molecule has 1 spiro atoms. The van der Waals surface area contributed by atoms with Crippen molar-refractivity contribution < 1.29 is 14.3 Å². The van der Waals surface area contributed by atoms with Gasteiger partial charge < -0.3 is 9.47 Å². The van der Waals surface area contributed by atoms with Crippen molar-refractivity contribution in [3.8, 4) is 11.5 Å². The van der Waals surface area contributed by atoms with Gasteiger partial charge in [0.2, 0.25) is 0 Å². The summed E-state index contributed by atoms with van der Waals surface area (Å²) in [6.45, 7) is 6.18. The third-order valence-electron chi connectivity index (χ3n) is 4.37. The highest BCUT2D eigenvalue weighted by molar-refractivity contribution is 6.00. The van der Waals surface area contributed by atoms with Crippen molar-refractivity contribution in [3.63, 3.8) is 0 Å². The first-order chi connectivity index (χ1) is 9.53. The van der Waals surface area contributed by atoms with E-state index < -0.39 is 0 Å². The standard InChI is InChI=1S/C16H21NO3/c1-11(2)17-7-6-16(10-17)9-14(18)13-5-4-12(19-3)8-15(13)20-16/h4-5,8,11H,6-7,9-10H2,1-3H3. The lowest BCUT2D eigenvalue weighted by Gasteiger charge is -2.35. The molecule has 0 radical (unpaired) electrons. The summed E-state index contributed by atoms with van der Waals surface area (Å²) in [5.74, 6) is 1.58. The molecule has 1 saturated heterocycles. The van der Waals surface area contributed by atoms with Gasteiger partial charge in [-0.05, 0) is 26.0 Å². The Morgan fingerprint density at radius 2 is 2.20 bits per heavy atom. The predicted molar refractivity (Wildman–Crippen MR) is 76.6 cm³/mol. The Kier molecular flexibility index (Phi) is 3.21. The van der Waals surface area contributed by atoms with E-state index in [-0.39, 0.29) is 11.4 Å². The number of rotatable bonds is 2. The van der Waals surface area contributed by atoms with Crippen molar-refractivity contribution in [2.24, 2.45) is 0 Å². The third kappa shape index (κ3) is 2.18. The fourth-order valence-corrected chi connectivity index (χ4v) is 3.15. The van der Waals surface area contributed by atoms with Crippen LogP contribution in [-0.2, 0) is 0 Å². The Morgan fingerprint density at radius 3 is 2.85 bits per heavy atom. The molecular weight excluding hydrogens is 254 g/mol. The Hall–Kier alpha value is -1.55. The quantitative estimate of drug-likeness (QED) is 0.831. The zero-order valence-corrected chi connectivity index (χ0v) is 12.3. The van der Waals surface area contributed by atoms with Gasteiger partial charge in [-0.1, -0.05) is 0 Å². The first-order valence-corrected chi connectivity index (χ1v) is 7.17. The summed E-state index contributed by atoms with van der Waals surface area (Å²) in [7, 11) is 1.62. The monoisotopic (exact) mass is 275 g/mol. The normalized spacial score (nSPS) is 25.9. The number of methoxy groups -OCH3 is 1. The van der Waals surface area contributed by atoms with E-state index in [9.17, 15) is 4.79 Å². The largest absolute Gasteiger partial charge is 0.497 e. The first kappa shape index (κ1) is 13.4. The molecule has 0 aliphatic carbocycles. The molecule has 1 aromatic carbocycles. The topological polar surface area (TPSA) is 38.8 Å². The van der Waals surface area contributed by atoms with Gasteiger partial charge in [-0.2, -0.15) is 0 Å². The Labute approximate surface area is 119 Å². The lowest BCUT2D eigenvalue weighted by atomic mass is 9.89. The Bertz CT molecular complexity index is 541. The van der Waals surface area contributed by atoms with Crippen LogP contribution in [0.4, 0.5) is 0 Å². The van der Waals surface area contributed by atoms with E-state index in [0.29, 0.717) is 23.8 Å². The molecule has 2 heterocycles. The highest BCUT2D eigenvalue weighted by Crippen LogP contribution is 2.40. The zero-order chi connectivity index (χ0) is 14.3. The molecule has 0 bridgehead atoms. The van der Waals surface area contributed by atoms with Crippen molar-refractivity contribution in [1.82, 2.24) is 4.90 Å². The van der Waals surface area contributed by atoms with Gasteiger partial charge in [0.05, 0.1) is 19.1 Å². The molecule has 1 unspecified atom stereocenters. The molecule has 4 nitrogen and oxygen atoms in total. The highest BCUT2D eigenvalue weighted by Gasteiger charge is 2.46.